The molecule has 2 aliphatic rings. The molecule has 2 N–H and O–H groups in total. The molecule has 0 saturated heterocycles. The number of hydrogen-bond donors (Lipinski definition) is 2. The third-order valence-corrected chi connectivity index (χ3v) is 3.71. The van der Waals surface area contributed by atoms with Crippen LogP contribution >= 0.6 is 11.8 Å². The number of thioether (sulfide) groups is 1. The minimum Gasteiger partial charge on any atom is -0.478 e. The highest BCUT2D eigenvalue weighted by Crippen LogP contribution is 2.42. The van der Waals surface area contributed by atoms with Gasteiger partial charge in [-0.25, -0.2) is 4.79 Å². The number of aliphatic hydroxyl groups excluding tert-OH is 1. The van der Waals surface area contributed by atoms with Gasteiger partial charge < -0.3 is 10.2 Å². The fourth-order valence-electron chi connectivity index (χ4n) is 1.68. The standard InChI is InChI=1S/C10H10O3S/c11-5-7-4-6-2-1-3-8(10(12)13)9(6)14-7/h1-4,6,9,11H,5H2,(H,12,13). The molecule has 14 heavy (non-hydrogen) atoms. The molecule has 74 valence electrons. The van der Waals surface area contributed by atoms with Gasteiger partial charge in [-0.2, -0.15) is 0 Å². The fraction of sp³-hybridized carbons (Fsp3) is 0.300. The first-order valence-electron chi connectivity index (χ1n) is 4.32. The molecule has 0 aromatic carbocycles. The number of carbonyl (C=O) groups is 1. The SMILES string of the molecule is O=C(O)C1=CC=CC2C=C(CO)SC12. The zero-order valence-corrected chi connectivity index (χ0v) is 8.20. The van der Waals surface area contributed by atoms with Crippen molar-refractivity contribution in [3.63, 3.8) is 0 Å². The zero-order chi connectivity index (χ0) is 10.1. The molecule has 1 heterocycles. The lowest BCUT2D eigenvalue weighted by atomic mass is 9.93. The Hall–Kier alpha value is -1.00. The molecule has 0 radical (unpaired) electrons. The second kappa shape index (κ2) is 3.63. The van der Waals surface area contributed by atoms with Gasteiger partial charge in [0.2, 0.25) is 0 Å². The minimum absolute atomic E-state index is 0.00158. The highest BCUT2D eigenvalue weighted by Gasteiger charge is 2.33. The van der Waals surface area contributed by atoms with Gasteiger partial charge in [0.05, 0.1) is 17.4 Å². The van der Waals surface area contributed by atoms with Gasteiger partial charge >= 0.3 is 5.97 Å². The van der Waals surface area contributed by atoms with Crippen molar-refractivity contribution in [3.8, 4) is 0 Å². The van der Waals surface area contributed by atoms with E-state index in [1.54, 1.807) is 12.2 Å². The van der Waals surface area contributed by atoms with E-state index in [0.717, 1.165) is 4.91 Å². The molecule has 0 amide bonds. The number of rotatable bonds is 2. The summed E-state index contributed by atoms with van der Waals surface area (Å²) in [4.78, 5) is 11.8. The van der Waals surface area contributed by atoms with Crippen LogP contribution in [-0.4, -0.2) is 28.0 Å². The lowest BCUT2D eigenvalue weighted by Crippen LogP contribution is -2.21. The van der Waals surface area contributed by atoms with E-state index in [4.69, 9.17) is 10.2 Å². The van der Waals surface area contributed by atoms with Gasteiger partial charge in [0.25, 0.3) is 0 Å². The molecule has 0 saturated carbocycles. The largest absolute Gasteiger partial charge is 0.478 e. The van der Waals surface area contributed by atoms with E-state index in [0.29, 0.717) is 5.57 Å². The third-order valence-electron chi connectivity index (χ3n) is 2.32. The van der Waals surface area contributed by atoms with Crippen molar-refractivity contribution < 1.29 is 15.0 Å². The number of allylic oxidation sites excluding steroid dienone is 4. The molecule has 0 bridgehead atoms. The van der Waals surface area contributed by atoms with Crippen LogP contribution in [0.15, 0.2) is 34.8 Å². The Labute approximate surface area is 85.8 Å². The maximum atomic E-state index is 10.9. The van der Waals surface area contributed by atoms with Gasteiger partial charge in [-0.3, -0.25) is 0 Å². The smallest absolute Gasteiger partial charge is 0.332 e. The van der Waals surface area contributed by atoms with E-state index in [1.165, 1.54) is 11.8 Å². The Morgan fingerprint density at radius 3 is 3.00 bits per heavy atom. The number of carboxylic acid groups (broad SMARTS) is 1. The molecule has 1 aliphatic carbocycles. The van der Waals surface area contributed by atoms with Gasteiger partial charge in [-0.05, 0) is 0 Å². The number of hydrogen-bond acceptors (Lipinski definition) is 3. The summed E-state index contributed by atoms with van der Waals surface area (Å²) in [6.45, 7) is -0.00158. The van der Waals surface area contributed by atoms with Crippen molar-refractivity contribution in [2.24, 2.45) is 5.92 Å². The quantitative estimate of drug-likeness (QED) is 0.718. The van der Waals surface area contributed by atoms with Crippen molar-refractivity contribution in [1.29, 1.82) is 0 Å². The lowest BCUT2D eigenvalue weighted by Gasteiger charge is -2.18. The average Bonchev–Trinajstić information content (AvgIpc) is 2.59. The Morgan fingerprint density at radius 2 is 2.36 bits per heavy atom. The van der Waals surface area contributed by atoms with E-state index in [9.17, 15) is 4.79 Å². The molecule has 2 rings (SSSR count). The fourth-order valence-corrected chi connectivity index (χ4v) is 2.94. The predicted molar refractivity (Wildman–Crippen MR) is 54.9 cm³/mol. The van der Waals surface area contributed by atoms with Gasteiger partial charge in [0, 0.05) is 10.8 Å². The molecular weight excluding hydrogens is 200 g/mol. The molecule has 0 aromatic heterocycles. The number of aliphatic carboxylic acids is 1. The molecule has 0 spiro atoms. The Bertz CT molecular complexity index is 354. The van der Waals surface area contributed by atoms with Crippen LogP contribution in [0.25, 0.3) is 0 Å². The van der Waals surface area contributed by atoms with Crippen molar-refractivity contribution in [2.45, 2.75) is 5.25 Å². The minimum atomic E-state index is -0.871. The predicted octanol–water partition coefficient (Wildman–Crippen LogP) is 1.18. The summed E-state index contributed by atoms with van der Waals surface area (Å²) in [5.74, 6) is -0.748. The van der Waals surface area contributed by atoms with Crippen LogP contribution in [-0.2, 0) is 4.79 Å². The van der Waals surface area contributed by atoms with E-state index >= 15 is 0 Å². The maximum absolute atomic E-state index is 10.9. The molecule has 3 nitrogen and oxygen atoms in total. The van der Waals surface area contributed by atoms with Gasteiger partial charge in [0.15, 0.2) is 0 Å². The first kappa shape index (κ1) is 9.55. The van der Waals surface area contributed by atoms with Crippen LogP contribution in [0.3, 0.4) is 0 Å². The zero-order valence-electron chi connectivity index (χ0n) is 7.38. The lowest BCUT2D eigenvalue weighted by molar-refractivity contribution is -0.132. The number of carboxylic acids is 1. The summed E-state index contributed by atoms with van der Waals surface area (Å²) in [7, 11) is 0. The number of aliphatic hydroxyl groups is 1. The normalized spacial score (nSPS) is 29.5. The molecular formula is C10H10O3S. The van der Waals surface area contributed by atoms with Crippen molar-refractivity contribution in [3.05, 3.63) is 34.8 Å². The van der Waals surface area contributed by atoms with Gasteiger partial charge in [0.1, 0.15) is 0 Å². The van der Waals surface area contributed by atoms with Crippen molar-refractivity contribution >= 4 is 17.7 Å². The van der Waals surface area contributed by atoms with Crippen LogP contribution in [0.5, 0.6) is 0 Å². The maximum Gasteiger partial charge on any atom is 0.332 e. The van der Waals surface area contributed by atoms with E-state index in [1.807, 2.05) is 12.2 Å². The van der Waals surface area contributed by atoms with Crippen LogP contribution in [0.1, 0.15) is 0 Å². The van der Waals surface area contributed by atoms with Crippen LogP contribution < -0.4 is 0 Å². The average molecular weight is 210 g/mol. The summed E-state index contributed by atoms with van der Waals surface area (Å²) in [6, 6.07) is 0. The summed E-state index contributed by atoms with van der Waals surface area (Å²) in [5, 5.41) is 17.8. The van der Waals surface area contributed by atoms with E-state index in [-0.39, 0.29) is 17.8 Å². The summed E-state index contributed by atoms with van der Waals surface area (Å²) >= 11 is 1.44. The molecule has 4 heteroatoms. The molecule has 1 aliphatic heterocycles. The first-order chi connectivity index (χ1) is 6.72. The Balaban J connectivity index is 2.25. The van der Waals surface area contributed by atoms with E-state index < -0.39 is 5.97 Å². The molecule has 0 fully saturated rings. The Morgan fingerprint density at radius 1 is 1.57 bits per heavy atom. The summed E-state index contributed by atoms with van der Waals surface area (Å²) in [6.07, 6.45) is 7.29. The third kappa shape index (κ3) is 1.51. The Kier molecular flexibility index (Phi) is 2.48. The van der Waals surface area contributed by atoms with Crippen LogP contribution in [0, 0.1) is 5.92 Å². The molecule has 0 aromatic rings. The van der Waals surface area contributed by atoms with Gasteiger partial charge in [-0.15, -0.1) is 11.8 Å². The first-order valence-corrected chi connectivity index (χ1v) is 5.20. The second-order valence-corrected chi connectivity index (χ2v) is 4.49. The van der Waals surface area contributed by atoms with Crippen LogP contribution in [0.4, 0.5) is 0 Å². The highest BCUT2D eigenvalue weighted by atomic mass is 32.2. The molecule has 2 atom stereocenters. The second-order valence-electron chi connectivity index (χ2n) is 3.22. The molecule has 2 unspecified atom stereocenters. The number of fused-ring (bicyclic) bond motifs is 1. The summed E-state index contributed by atoms with van der Waals surface area (Å²) < 4.78 is 0. The monoisotopic (exact) mass is 210 g/mol. The summed E-state index contributed by atoms with van der Waals surface area (Å²) in [5.41, 5.74) is 0.419. The van der Waals surface area contributed by atoms with Crippen molar-refractivity contribution in [1.82, 2.24) is 0 Å². The van der Waals surface area contributed by atoms with Crippen molar-refractivity contribution in [2.75, 3.05) is 6.61 Å². The topological polar surface area (TPSA) is 57.5 Å². The van der Waals surface area contributed by atoms with Crippen LogP contribution in [0.2, 0.25) is 0 Å². The van der Waals surface area contributed by atoms with E-state index in [2.05, 4.69) is 0 Å². The van der Waals surface area contributed by atoms with Gasteiger partial charge in [-0.1, -0.05) is 24.3 Å². The highest BCUT2D eigenvalue weighted by molar-refractivity contribution is 8.04.